The van der Waals surface area contributed by atoms with Gasteiger partial charge in [0, 0.05) is 0 Å². The molecular formula is C4H2BNO. The van der Waals surface area contributed by atoms with Crippen molar-refractivity contribution in [1.29, 1.82) is 5.26 Å². The predicted molar refractivity (Wildman–Crippen MR) is 24.8 cm³/mol. The summed E-state index contributed by atoms with van der Waals surface area (Å²) < 4.78 is 4.62. The molecule has 1 aromatic rings. The summed E-state index contributed by atoms with van der Waals surface area (Å²) in [5, 5.41) is 8.08. The van der Waals surface area contributed by atoms with Crippen molar-refractivity contribution in [2.24, 2.45) is 0 Å². The van der Waals surface area contributed by atoms with Gasteiger partial charge in [0.1, 0.15) is 0 Å². The second kappa shape index (κ2) is 1.61. The van der Waals surface area contributed by atoms with Crippen molar-refractivity contribution < 1.29 is 4.42 Å². The zero-order valence-corrected chi connectivity index (χ0v) is 3.59. The quantitative estimate of drug-likeness (QED) is 0.465. The summed E-state index contributed by atoms with van der Waals surface area (Å²) in [6, 6.07) is 1.84. The SMILES string of the molecule is N#Cc1cbco1. The van der Waals surface area contributed by atoms with E-state index in [4.69, 9.17) is 5.26 Å². The van der Waals surface area contributed by atoms with E-state index < -0.39 is 0 Å². The summed E-state index contributed by atoms with van der Waals surface area (Å²) in [6.45, 7) is 1.68. The first-order valence-electron chi connectivity index (χ1n) is 1.87. The van der Waals surface area contributed by atoms with Gasteiger partial charge in [-0.2, -0.15) is 0 Å². The van der Waals surface area contributed by atoms with Gasteiger partial charge < -0.3 is 0 Å². The molecule has 0 amide bonds. The molecule has 0 bridgehead atoms. The number of rotatable bonds is 0. The summed E-state index contributed by atoms with van der Waals surface area (Å²) in [7, 11) is 0. The molecule has 7 heavy (non-hydrogen) atoms. The first-order valence-corrected chi connectivity index (χ1v) is 1.87. The molecule has 2 nitrogen and oxygen atoms in total. The molecule has 32 valence electrons. The fourth-order valence-electron chi connectivity index (χ4n) is 0.342. The van der Waals surface area contributed by atoms with Gasteiger partial charge in [-0.05, 0) is 0 Å². The van der Waals surface area contributed by atoms with Crippen molar-refractivity contribution >= 4 is 6.91 Å². The van der Waals surface area contributed by atoms with Gasteiger partial charge in [0.05, 0.1) is 0 Å². The van der Waals surface area contributed by atoms with E-state index >= 15 is 0 Å². The Kier molecular flexibility index (Phi) is 0.950. The Morgan fingerprint density at radius 1 is 1.86 bits per heavy atom. The van der Waals surface area contributed by atoms with Crippen LogP contribution in [-0.2, 0) is 0 Å². The number of nitriles is 1. The maximum atomic E-state index is 8.08. The first kappa shape index (κ1) is 4.13. The molecule has 0 unspecified atom stereocenters. The molecule has 0 aromatic carbocycles. The Balaban J connectivity index is 3.04. The normalized spacial score (nSPS) is 7.29. The summed E-state index contributed by atoms with van der Waals surface area (Å²) in [6.07, 6.45) is 1.47. The van der Waals surface area contributed by atoms with Crippen molar-refractivity contribution in [2.75, 3.05) is 0 Å². The van der Waals surface area contributed by atoms with E-state index in [0.29, 0.717) is 5.76 Å². The van der Waals surface area contributed by atoms with E-state index in [1.54, 1.807) is 12.9 Å². The van der Waals surface area contributed by atoms with Gasteiger partial charge in [-0.15, -0.1) is 0 Å². The summed E-state index contributed by atoms with van der Waals surface area (Å²) in [5.41, 5.74) is 0. The van der Waals surface area contributed by atoms with Crippen molar-refractivity contribution in [1.82, 2.24) is 0 Å². The molecule has 0 saturated carbocycles. The first-order chi connectivity index (χ1) is 3.43. The molecule has 3 heteroatoms. The third-order valence-corrected chi connectivity index (χ3v) is 0.631. The molecule has 1 rings (SSSR count). The monoisotopic (exact) mass is 91.0 g/mol. The standard InChI is InChI=1S/C4H2BNO/c6-2-4-1-5-3-7-4/h1,3H. The molecule has 1 heterocycles. The Hall–Kier alpha value is -1.04. The van der Waals surface area contributed by atoms with Crippen LogP contribution in [0.1, 0.15) is 5.76 Å². The summed E-state index contributed by atoms with van der Waals surface area (Å²) in [4.78, 5) is 0. The van der Waals surface area contributed by atoms with Crippen LogP contribution < -0.4 is 0 Å². The topological polar surface area (TPSA) is 36.9 Å². The van der Waals surface area contributed by atoms with Gasteiger partial charge >= 0.3 is 40.5 Å². The van der Waals surface area contributed by atoms with E-state index in [2.05, 4.69) is 4.42 Å². The third-order valence-electron chi connectivity index (χ3n) is 0.631. The molecule has 0 N–H and O–H groups in total. The van der Waals surface area contributed by atoms with Crippen LogP contribution in [0.4, 0.5) is 0 Å². The van der Waals surface area contributed by atoms with E-state index in [1.165, 1.54) is 6.16 Å². The van der Waals surface area contributed by atoms with Gasteiger partial charge in [0.25, 0.3) is 0 Å². The minimum absolute atomic E-state index is 0.361. The summed E-state index contributed by atoms with van der Waals surface area (Å²) >= 11 is 0. The fourth-order valence-corrected chi connectivity index (χ4v) is 0.342. The van der Waals surface area contributed by atoms with Crippen LogP contribution in [0, 0.1) is 11.3 Å². The molecule has 0 saturated heterocycles. The second-order valence-electron chi connectivity index (χ2n) is 1.09. The average molecular weight is 90.9 g/mol. The molecular weight excluding hydrogens is 88.9 g/mol. The molecule has 0 atom stereocenters. The van der Waals surface area contributed by atoms with Crippen LogP contribution in [0.2, 0.25) is 0 Å². The molecule has 0 spiro atoms. The van der Waals surface area contributed by atoms with Crippen molar-refractivity contribution in [3.8, 4) is 6.07 Å². The van der Waals surface area contributed by atoms with E-state index in [9.17, 15) is 0 Å². The van der Waals surface area contributed by atoms with Crippen LogP contribution in [0.5, 0.6) is 0 Å². The van der Waals surface area contributed by atoms with Gasteiger partial charge in [-0.25, -0.2) is 0 Å². The van der Waals surface area contributed by atoms with Crippen LogP contribution in [0.3, 0.4) is 0 Å². The molecule has 0 aliphatic rings. The fraction of sp³-hybridized carbons (Fsp3) is 0. The molecule has 0 aliphatic heterocycles. The third kappa shape index (κ3) is 0.688. The van der Waals surface area contributed by atoms with Crippen LogP contribution >= 0.6 is 0 Å². The van der Waals surface area contributed by atoms with Gasteiger partial charge in [0.2, 0.25) is 0 Å². The Morgan fingerprint density at radius 2 is 2.71 bits per heavy atom. The van der Waals surface area contributed by atoms with Crippen LogP contribution in [-0.4, -0.2) is 6.91 Å². The zero-order chi connectivity index (χ0) is 5.11. The van der Waals surface area contributed by atoms with E-state index in [-0.39, 0.29) is 0 Å². The average Bonchev–Trinajstić information content (AvgIpc) is 2.14. The number of hydrogen-bond donors (Lipinski definition) is 0. The van der Waals surface area contributed by atoms with Crippen molar-refractivity contribution in [3.05, 3.63) is 17.9 Å². The van der Waals surface area contributed by atoms with Crippen LogP contribution in [0.25, 0.3) is 0 Å². The molecule has 0 radical (unpaired) electrons. The molecule has 1 aromatic heterocycles. The van der Waals surface area contributed by atoms with Crippen molar-refractivity contribution in [3.63, 3.8) is 0 Å². The molecule has 0 fully saturated rings. The Labute approximate surface area is 41.6 Å². The van der Waals surface area contributed by atoms with Crippen molar-refractivity contribution in [2.45, 2.75) is 0 Å². The Bertz CT molecular complexity index is 174. The van der Waals surface area contributed by atoms with Gasteiger partial charge in [-0.1, -0.05) is 0 Å². The predicted octanol–water partition coefficient (Wildman–Crippen LogP) is 0.489. The maximum absolute atomic E-state index is 8.08. The Morgan fingerprint density at radius 3 is 3.00 bits per heavy atom. The number of nitrogens with zero attached hydrogens (tertiary/aromatic N) is 1. The minimum atomic E-state index is 0.361. The van der Waals surface area contributed by atoms with Crippen LogP contribution in [0.15, 0.2) is 16.5 Å². The van der Waals surface area contributed by atoms with E-state index in [0.717, 1.165) is 0 Å². The summed E-state index contributed by atoms with van der Waals surface area (Å²) in [5.74, 6) is 1.97. The van der Waals surface area contributed by atoms with Gasteiger partial charge in [-0.3, -0.25) is 0 Å². The van der Waals surface area contributed by atoms with E-state index in [1.807, 2.05) is 6.07 Å². The van der Waals surface area contributed by atoms with Gasteiger partial charge in [0.15, 0.2) is 0 Å². The second-order valence-corrected chi connectivity index (χ2v) is 1.09. The number of hydrogen-bond acceptors (Lipinski definition) is 2. The zero-order valence-electron chi connectivity index (χ0n) is 3.59. The molecule has 0 aliphatic carbocycles.